The molecule has 3 heteroatoms. The predicted molar refractivity (Wildman–Crippen MR) is 75.2 cm³/mol. The summed E-state index contributed by atoms with van der Waals surface area (Å²) in [5.74, 6) is 1.63. The normalized spacial score (nSPS) is 21.0. The minimum absolute atomic E-state index is 0.667. The molecule has 0 spiro atoms. The Morgan fingerprint density at radius 3 is 2.53 bits per heavy atom. The molecular formula is C14H31N3. The van der Waals surface area contributed by atoms with Gasteiger partial charge in [0.05, 0.1) is 0 Å². The molecule has 102 valence electrons. The first-order valence-electron chi connectivity index (χ1n) is 7.19. The molecule has 1 unspecified atom stereocenters. The summed E-state index contributed by atoms with van der Waals surface area (Å²) >= 11 is 0. The molecule has 1 rings (SSSR count). The first kappa shape index (κ1) is 14.9. The maximum absolute atomic E-state index is 5.64. The van der Waals surface area contributed by atoms with E-state index >= 15 is 0 Å². The fraction of sp³-hybridized carbons (Fsp3) is 1.00. The van der Waals surface area contributed by atoms with Gasteiger partial charge in [-0.3, -0.25) is 0 Å². The van der Waals surface area contributed by atoms with Gasteiger partial charge in [-0.15, -0.1) is 0 Å². The Hall–Kier alpha value is -0.120. The molecule has 0 saturated carbocycles. The molecule has 17 heavy (non-hydrogen) atoms. The zero-order valence-electron chi connectivity index (χ0n) is 12.0. The van der Waals surface area contributed by atoms with Crippen LogP contribution in [0.4, 0.5) is 0 Å². The minimum Gasteiger partial charge on any atom is -0.330 e. The number of rotatable bonds is 7. The summed E-state index contributed by atoms with van der Waals surface area (Å²) in [6.07, 6.45) is 5.40. The van der Waals surface area contributed by atoms with Crippen LogP contribution in [0.15, 0.2) is 0 Å². The Bertz CT molecular complexity index is 188. The molecule has 0 aromatic heterocycles. The molecule has 0 radical (unpaired) electrons. The molecule has 1 fully saturated rings. The first-order chi connectivity index (χ1) is 8.11. The van der Waals surface area contributed by atoms with Crippen LogP contribution in [-0.2, 0) is 0 Å². The Balaban J connectivity index is 2.05. The molecular weight excluding hydrogens is 210 g/mol. The van der Waals surface area contributed by atoms with E-state index in [0.717, 1.165) is 12.5 Å². The summed E-state index contributed by atoms with van der Waals surface area (Å²) in [6, 6.07) is 0. The van der Waals surface area contributed by atoms with Crippen molar-refractivity contribution in [1.82, 2.24) is 9.80 Å². The highest BCUT2D eigenvalue weighted by atomic mass is 15.1. The van der Waals surface area contributed by atoms with E-state index in [9.17, 15) is 0 Å². The zero-order valence-corrected chi connectivity index (χ0v) is 12.0. The predicted octanol–water partition coefficient (Wildman–Crippen LogP) is 1.64. The van der Waals surface area contributed by atoms with Crippen LogP contribution in [0.5, 0.6) is 0 Å². The van der Waals surface area contributed by atoms with Gasteiger partial charge in [-0.1, -0.05) is 6.92 Å². The third-order valence-corrected chi connectivity index (χ3v) is 4.16. The molecule has 3 nitrogen and oxygen atoms in total. The van der Waals surface area contributed by atoms with Crippen molar-refractivity contribution in [2.45, 2.75) is 32.6 Å². The fourth-order valence-corrected chi connectivity index (χ4v) is 2.42. The second kappa shape index (κ2) is 8.06. The van der Waals surface area contributed by atoms with Gasteiger partial charge in [0.15, 0.2) is 0 Å². The van der Waals surface area contributed by atoms with Gasteiger partial charge >= 0.3 is 0 Å². The van der Waals surface area contributed by atoms with Gasteiger partial charge in [0, 0.05) is 0 Å². The molecule has 1 aliphatic rings. The Morgan fingerprint density at radius 2 is 1.94 bits per heavy atom. The first-order valence-corrected chi connectivity index (χ1v) is 7.19. The quantitative estimate of drug-likeness (QED) is 0.735. The van der Waals surface area contributed by atoms with E-state index in [0.29, 0.717) is 5.92 Å². The molecule has 1 heterocycles. The van der Waals surface area contributed by atoms with Crippen molar-refractivity contribution in [2.24, 2.45) is 17.6 Å². The average Bonchev–Trinajstić information content (AvgIpc) is 2.35. The summed E-state index contributed by atoms with van der Waals surface area (Å²) in [4.78, 5) is 4.92. The van der Waals surface area contributed by atoms with Crippen molar-refractivity contribution in [2.75, 3.05) is 46.8 Å². The van der Waals surface area contributed by atoms with Crippen LogP contribution < -0.4 is 5.73 Å². The maximum atomic E-state index is 5.64. The monoisotopic (exact) mass is 241 g/mol. The number of likely N-dealkylation sites (tertiary alicyclic amines) is 1. The Kier molecular flexibility index (Phi) is 7.09. The average molecular weight is 241 g/mol. The molecule has 1 saturated heterocycles. The van der Waals surface area contributed by atoms with E-state index in [-0.39, 0.29) is 0 Å². The van der Waals surface area contributed by atoms with Crippen molar-refractivity contribution >= 4 is 0 Å². The molecule has 0 aliphatic carbocycles. The van der Waals surface area contributed by atoms with E-state index in [1.165, 1.54) is 51.9 Å². The lowest BCUT2D eigenvalue weighted by atomic mass is 9.93. The summed E-state index contributed by atoms with van der Waals surface area (Å²) in [5, 5.41) is 0. The number of nitrogens with zero attached hydrogens (tertiary/aromatic N) is 2. The fourth-order valence-electron chi connectivity index (χ4n) is 2.42. The highest BCUT2D eigenvalue weighted by molar-refractivity contribution is 4.71. The van der Waals surface area contributed by atoms with E-state index in [1.807, 2.05) is 0 Å². The van der Waals surface area contributed by atoms with E-state index in [1.54, 1.807) is 0 Å². The van der Waals surface area contributed by atoms with Crippen molar-refractivity contribution in [3.8, 4) is 0 Å². The standard InChI is InChI=1S/C14H31N3/c1-13(12-15)4-8-16(2)9-5-14-6-10-17(3)11-7-14/h13-14H,4-12,15H2,1-3H3. The zero-order chi connectivity index (χ0) is 12.7. The van der Waals surface area contributed by atoms with E-state index in [2.05, 4.69) is 30.8 Å². The van der Waals surface area contributed by atoms with Gasteiger partial charge < -0.3 is 15.5 Å². The highest BCUT2D eigenvalue weighted by Crippen LogP contribution is 2.19. The van der Waals surface area contributed by atoms with Gasteiger partial charge in [0.1, 0.15) is 0 Å². The number of piperidine rings is 1. The van der Waals surface area contributed by atoms with E-state index < -0.39 is 0 Å². The second-order valence-corrected chi connectivity index (χ2v) is 5.97. The number of hydrogen-bond acceptors (Lipinski definition) is 3. The molecule has 1 atom stereocenters. The van der Waals surface area contributed by atoms with Crippen LogP contribution >= 0.6 is 0 Å². The second-order valence-electron chi connectivity index (χ2n) is 5.97. The lowest BCUT2D eigenvalue weighted by molar-refractivity contribution is 0.193. The molecule has 0 aromatic rings. The molecule has 2 N–H and O–H groups in total. The molecule has 1 aliphatic heterocycles. The highest BCUT2D eigenvalue weighted by Gasteiger charge is 2.16. The van der Waals surface area contributed by atoms with Gasteiger partial charge in [-0.25, -0.2) is 0 Å². The van der Waals surface area contributed by atoms with Crippen molar-refractivity contribution in [3.63, 3.8) is 0 Å². The van der Waals surface area contributed by atoms with Gasteiger partial charge in [-0.05, 0) is 84.3 Å². The van der Waals surface area contributed by atoms with Crippen molar-refractivity contribution in [3.05, 3.63) is 0 Å². The lowest BCUT2D eigenvalue weighted by Crippen LogP contribution is -2.32. The van der Waals surface area contributed by atoms with E-state index in [4.69, 9.17) is 5.73 Å². The third-order valence-electron chi connectivity index (χ3n) is 4.16. The molecule has 0 amide bonds. The van der Waals surface area contributed by atoms with Crippen LogP contribution in [0.1, 0.15) is 32.6 Å². The van der Waals surface area contributed by atoms with Gasteiger partial charge in [0.25, 0.3) is 0 Å². The summed E-state index contributed by atoms with van der Waals surface area (Å²) in [7, 11) is 4.48. The van der Waals surface area contributed by atoms with Crippen LogP contribution in [0.25, 0.3) is 0 Å². The van der Waals surface area contributed by atoms with Crippen molar-refractivity contribution < 1.29 is 0 Å². The molecule has 0 aromatic carbocycles. The molecule has 0 bridgehead atoms. The lowest BCUT2D eigenvalue weighted by Gasteiger charge is -2.30. The van der Waals surface area contributed by atoms with Gasteiger partial charge in [0.2, 0.25) is 0 Å². The largest absolute Gasteiger partial charge is 0.330 e. The Labute approximate surface area is 107 Å². The summed E-state index contributed by atoms with van der Waals surface area (Å²) in [6.45, 7) is 8.10. The smallest absolute Gasteiger partial charge is 0.00188 e. The summed E-state index contributed by atoms with van der Waals surface area (Å²) < 4.78 is 0. The number of hydrogen-bond donors (Lipinski definition) is 1. The number of nitrogens with two attached hydrogens (primary N) is 1. The van der Waals surface area contributed by atoms with Crippen molar-refractivity contribution in [1.29, 1.82) is 0 Å². The summed E-state index contributed by atoms with van der Waals surface area (Å²) in [5.41, 5.74) is 5.64. The SMILES string of the molecule is CC(CN)CCN(C)CCC1CCN(C)CC1. The third kappa shape index (κ3) is 6.39. The van der Waals surface area contributed by atoms with Crippen LogP contribution in [-0.4, -0.2) is 56.6 Å². The van der Waals surface area contributed by atoms with Gasteiger partial charge in [-0.2, -0.15) is 0 Å². The van der Waals surface area contributed by atoms with Crippen LogP contribution in [0, 0.1) is 11.8 Å². The topological polar surface area (TPSA) is 32.5 Å². The maximum Gasteiger partial charge on any atom is -0.00188 e. The van der Waals surface area contributed by atoms with Crippen LogP contribution in [0.2, 0.25) is 0 Å². The minimum atomic E-state index is 0.667. The Morgan fingerprint density at radius 1 is 1.29 bits per heavy atom. The van der Waals surface area contributed by atoms with Crippen LogP contribution in [0.3, 0.4) is 0 Å².